The van der Waals surface area contributed by atoms with Gasteiger partial charge in [-0.2, -0.15) is 4.98 Å². The van der Waals surface area contributed by atoms with E-state index in [1.807, 2.05) is 61.7 Å². The normalized spacial score (nSPS) is 16.8. The Balaban J connectivity index is 1.60. The first-order chi connectivity index (χ1) is 14.6. The van der Waals surface area contributed by atoms with Crippen molar-refractivity contribution in [2.45, 2.75) is 18.1 Å². The number of aromatic nitrogens is 3. The maximum atomic E-state index is 13.3. The quantitative estimate of drug-likeness (QED) is 0.622. The van der Waals surface area contributed by atoms with E-state index in [1.165, 1.54) is 11.8 Å². The summed E-state index contributed by atoms with van der Waals surface area (Å²) in [5, 5.41) is 11.4. The molecule has 3 aromatic rings. The van der Waals surface area contributed by atoms with Crippen LogP contribution in [-0.4, -0.2) is 33.7 Å². The molecule has 8 nitrogen and oxygen atoms in total. The van der Waals surface area contributed by atoms with Gasteiger partial charge in [-0.1, -0.05) is 36.0 Å². The first kappa shape index (κ1) is 18.6. The molecule has 152 valence electrons. The van der Waals surface area contributed by atoms with Crippen LogP contribution < -0.4 is 20.1 Å². The lowest BCUT2D eigenvalue weighted by molar-refractivity contribution is -0.113. The summed E-state index contributed by atoms with van der Waals surface area (Å²) >= 11 is 1.45. The zero-order valence-corrected chi connectivity index (χ0v) is 17.2. The van der Waals surface area contributed by atoms with Crippen LogP contribution in [-0.2, 0) is 4.79 Å². The first-order valence-corrected chi connectivity index (χ1v) is 10.6. The van der Waals surface area contributed by atoms with Crippen LogP contribution >= 0.6 is 11.8 Å². The van der Waals surface area contributed by atoms with E-state index in [0.717, 1.165) is 16.9 Å². The largest absolute Gasteiger partial charge is 0.454 e. The highest BCUT2D eigenvalue weighted by Gasteiger charge is 2.35. The first-order valence-electron chi connectivity index (χ1n) is 9.38. The molecule has 3 heterocycles. The number of para-hydroxylation sites is 1. The summed E-state index contributed by atoms with van der Waals surface area (Å²) in [7, 11) is 0. The summed E-state index contributed by atoms with van der Waals surface area (Å²) in [5.74, 6) is 1.72. The van der Waals surface area contributed by atoms with Gasteiger partial charge >= 0.3 is 0 Å². The topological polar surface area (TPSA) is 90.3 Å². The Bertz CT molecular complexity index is 1160. The van der Waals surface area contributed by atoms with Crippen molar-refractivity contribution in [2.75, 3.05) is 23.7 Å². The second kappa shape index (κ2) is 7.42. The fourth-order valence-corrected chi connectivity index (χ4v) is 3.97. The SMILES string of the molecule is CSc1nc2n(n1)[C@@H](c1ccc3c(c1)OCO3)C(C(=O)Nc1ccccc1)=C(C)N2. The van der Waals surface area contributed by atoms with Gasteiger partial charge in [-0.3, -0.25) is 4.79 Å². The Hall–Kier alpha value is -3.46. The molecule has 1 aromatic heterocycles. The van der Waals surface area contributed by atoms with Crippen molar-refractivity contribution in [3.8, 4) is 11.5 Å². The van der Waals surface area contributed by atoms with E-state index < -0.39 is 6.04 Å². The van der Waals surface area contributed by atoms with Crippen LogP contribution in [0.1, 0.15) is 18.5 Å². The van der Waals surface area contributed by atoms with Gasteiger partial charge in [-0.15, -0.1) is 5.10 Å². The lowest BCUT2D eigenvalue weighted by Gasteiger charge is -2.28. The molecule has 1 amide bonds. The number of benzene rings is 2. The van der Waals surface area contributed by atoms with E-state index in [1.54, 1.807) is 4.68 Å². The number of hydrogen-bond donors (Lipinski definition) is 2. The van der Waals surface area contributed by atoms with Crippen molar-refractivity contribution in [3.05, 3.63) is 65.4 Å². The molecule has 0 spiro atoms. The standard InChI is InChI=1S/C21H19N5O3S/c1-12-17(19(27)23-14-6-4-3-5-7-14)18(26-20(22-12)24-21(25-26)30-2)13-8-9-15-16(10-13)29-11-28-15/h3-10,18H,11H2,1-2H3,(H,23,27)(H,22,24,25)/t18-/m0/s1. The van der Waals surface area contributed by atoms with Gasteiger partial charge < -0.3 is 20.1 Å². The number of amides is 1. The molecule has 2 aliphatic heterocycles. The maximum absolute atomic E-state index is 13.3. The molecule has 0 aliphatic carbocycles. The fourth-order valence-electron chi connectivity index (χ4n) is 3.62. The molecule has 0 unspecified atom stereocenters. The average Bonchev–Trinajstić information content (AvgIpc) is 3.39. The van der Waals surface area contributed by atoms with Gasteiger partial charge in [0, 0.05) is 11.4 Å². The van der Waals surface area contributed by atoms with E-state index in [4.69, 9.17) is 9.47 Å². The Kier molecular flexibility index (Phi) is 4.59. The summed E-state index contributed by atoms with van der Waals surface area (Å²) < 4.78 is 12.7. The zero-order valence-electron chi connectivity index (χ0n) is 16.4. The summed E-state index contributed by atoms with van der Waals surface area (Å²) in [6.45, 7) is 2.06. The van der Waals surface area contributed by atoms with E-state index >= 15 is 0 Å². The summed E-state index contributed by atoms with van der Waals surface area (Å²) in [5.41, 5.74) is 2.86. The van der Waals surface area contributed by atoms with Crippen molar-refractivity contribution < 1.29 is 14.3 Å². The highest BCUT2D eigenvalue weighted by Crippen LogP contribution is 2.40. The van der Waals surface area contributed by atoms with Crippen molar-refractivity contribution in [2.24, 2.45) is 0 Å². The molecule has 2 aromatic carbocycles. The number of anilines is 2. The Labute approximate surface area is 177 Å². The molecular weight excluding hydrogens is 402 g/mol. The van der Waals surface area contributed by atoms with Crippen LogP contribution in [0.15, 0.2) is 65.0 Å². The third-order valence-electron chi connectivity index (χ3n) is 5.00. The Morgan fingerprint density at radius 1 is 1.20 bits per heavy atom. The number of fused-ring (bicyclic) bond motifs is 2. The third kappa shape index (κ3) is 3.17. The summed E-state index contributed by atoms with van der Waals surface area (Å²) in [4.78, 5) is 17.9. The number of ether oxygens (including phenoxy) is 2. The minimum absolute atomic E-state index is 0.187. The van der Waals surface area contributed by atoms with Crippen LogP contribution in [0.25, 0.3) is 0 Å². The molecule has 30 heavy (non-hydrogen) atoms. The second-order valence-corrected chi connectivity index (χ2v) is 7.64. The number of carbonyl (C=O) groups excluding carboxylic acids is 1. The lowest BCUT2D eigenvalue weighted by atomic mass is 9.94. The Morgan fingerprint density at radius 2 is 2.00 bits per heavy atom. The minimum atomic E-state index is -0.465. The third-order valence-corrected chi connectivity index (χ3v) is 5.54. The lowest BCUT2D eigenvalue weighted by Crippen LogP contribution is -2.31. The number of hydrogen-bond acceptors (Lipinski definition) is 7. The molecule has 0 bridgehead atoms. The molecule has 2 aliphatic rings. The van der Waals surface area contributed by atoms with Gasteiger partial charge in [0.25, 0.3) is 5.91 Å². The zero-order chi connectivity index (χ0) is 20.7. The Morgan fingerprint density at radius 3 is 2.80 bits per heavy atom. The number of thioether (sulfide) groups is 1. The minimum Gasteiger partial charge on any atom is -0.454 e. The molecular formula is C21H19N5O3S. The molecule has 1 atom stereocenters. The fraction of sp³-hybridized carbons (Fsp3) is 0.190. The van der Waals surface area contributed by atoms with Crippen LogP contribution in [0.3, 0.4) is 0 Å². The summed E-state index contributed by atoms with van der Waals surface area (Å²) in [6, 6.07) is 14.6. The van der Waals surface area contributed by atoms with Gasteiger partial charge in [0.2, 0.25) is 17.9 Å². The van der Waals surface area contributed by atoms with Crippen LogP contribution in [0.5, 0.6) is 11.5 Å². The predicted octanol–water partition coefficient (Wildman–Crippen LogP) is 3.66. The van der Waals surface area contributed by atoms with E-state index in [-0.39, 0.29) is 12.7 Å². The molecule has 0 saturated carbocycles. The molecule has 2 N–H and O–H groups in total. The van der Waals surface area contributed by atoms with Crippen molar-refractivity contribution >= 4 is 29.3 Å². The van der Waals surface area contributed by atoms with Gasteiger partial charge in [0.1, 0.15) is 6.04 Å². The van der Waals surface area contributed by atoms with E-state index in [9.17, 15) is 4.79 Å². The number of rotatable bonds is 4. The second-order valence-electron chi connectivity index (χ2n) is 6.87. The van der Waals surface area contributed by atoms with Crippen LogP contribution in [0, 0.1) is 0 Å². The van der Waals surface area contributed by atoms with E-state index in [2.05, 4.69) is 20.7 Å². The van der Waals surface area contributed by atoms with Gasteiger partial charge in [-0.25, -0.2) is 4.68 Å². The number of allylic oxidation sites excluding steroid dienone is 1. The van der Waals surface area contributed by atoms with Crippen molar-refractivity contribution in [3.63, 3.8) is 0 Å². The molecule has 9 heteroatoms. The van der Waals surface area contributed by atoms with Gasteiger partial charge in [0.05, 0.1) is 5.57 Å². The molecule has 5 rings (SSSR count). The monoisotopic (exact) mass is 421 g/mol. The smallest absolute Gasteiger partial charge is 0.255 e. The molecule has 0 fully saturated rings. The van der Waals surface area contributed by atoms with Crippen LogP contribution in [0.4, 0.5) is 11.6 Å². The highest BCUT2D eigenvalue weighted by atomic mass is 32.2. The van der Waals surface area contributed by atoms with Crippen molar-refractivity contribution in [1.29, 1.82) is 0 Å². The maximum Gasteiger partial charge on any atom is 0.255 e. The molecule has 0 saturated heterocycles. The summed E-state index contributed by atoms with van der Waals surface area (Å²) in [6.07, 6.45) is 1.92. The highest BCUT2D eigenvalue weighted by molar-refractivity contribution is 7.98. The number of nitrogens with zero attached hydrogens (tertiary/aromatic N) is 3. The van der Waals surface area contributed by atoms with E-state index in [0.29, 0.717) is 28.2 Å². The van der Waals surface area contributed by atoms with Gasteiger partial charge in [-0.05, 0) is 43.0 Å². The molecule has 0 radical (unpaired) electrons. The predicted molar refractivity (Wildman–Crippen MR) is 114 cm³/mol. The number of nitrogens with one attached hydrogen (secondary N) is 2. The van der Waals surface area contributed by atoms with Crippen molar-refractivity contribution in [1.82, 2.24) is 14.8 Å². The van der Waals surface area contributed by atoms with Gasteiger partial charge in [0.15, 0.2) is 11.5 Å². The average molecular weight is 421 g/mol. The van der Waals surface area contributed by atoms with Crippen LogP contribution in [0.2, 0.25) is 0 Å². The number of carbonyl (C=O) groups is 1.